The van der Waals surface area contributed by atoms with Gasteiger partial charge in [-0.25, -0.2) is 14.8 Å². The zero-order valence-electron chi connectivity index (χ0n) is 16.3. The second kappa shape index (κ2) is 9.68. The first kappa shape index (κ1) is 20.3. The lowest BCUT2D eigenvalue weighted by Crippen LogP contribution is -2.48. The summed E-state index contributed by atoms with van der Waals surface area (Å²) in [5, 5.41) is 5.86. The summed E-state index contributed by atoms with van der Waals surface area (Å²) >= 11 is 1.23. The molecule has 0 spiro atoms. The van der Waals surface area contributed by atoms with Gasteiger partial charge in [0.15, 0.2) is 5.16 Å². The average molecular weight is 399 g/mol. The number of imide groups is 1. The molecule has 0 unspecified atom stereocenters. The molecule has 2 N–H and O–H groups in total. The fourth-order valence-corrected chi connectivity index (χ4v) is 4.09. The van der Waals surface area contributed by atoms with Gasteiger partial charge >= 0.3 is 6.03 Å². The van der Waals surface area contributed by atoms with Crippen LogP contribution in [0.2, 0.25) is 0 Å². The topological polar surface area (TPSA) is 84.0 Å². The number of carbonyl (C=O) groups excluding carboxylic acids is 2. The maximum Gasteiger partial charge on any atom is 0.321 e. The van der Waals surface area contributed by atoms with Gasteiger partial charge in [-0.3, -0.25) is 10.1 Å². The Labute approximate surface area is 169 Å². The van der Waals surface area contributed by atoms with Crippen LogP contribution in [0.5, 0.6) is 0 Å². The molecular formula is C21H26N4O2S. The predicted molar refractivity (Wildman–Crippen MR) is 111 cm³/mol. The third kappa shape index (κ3) is 5.79. The normalized spacial score (nSPS) is 19.1. The van der Waals surface area contributed by atoms with E-state index < -0.39 is 6.03 Å². The van der Waals surface area contributed by atoms with Crippen LogP contribution in [0.4, 0.5) is 4.79 Å². The molecule has 3 rings (SSSR count). The van der Waals surface area contributed by atoms with Crippen LogP contribution in [-0.2, 0) is 4.79 Å². The van der Waals surface area contributed by atoms with Gasteiger partial charge in [0.05, 0.1) is 11.4 Å². The van der Waals surface area contributed by atoms with Gasteiger partial charge in [-0.2, -0.15) is 0 Å². The van der Waals surface area contributed by atoms with Crippen molar-refractivity contribution >= 4 is 23.7 Å². The van der Waals surface area contributed by atoms with E-state index in [1.54, 1.807) is 0 Å². The number of carbonyl (C=O) groups is 2. The van der Waals surface area contributed by atoms with Crippen molar-refractivity contribution in [2.45, 2.75) is 50.7 Å². The molecule has 2 atom stereocenters. The molecule has 1 saturated carbocycles. The predicted octanol–water partition coefficient (Wildman–Crippen LogP) is 3.95. The van der Waals surface area contributed by atoms with Crippen molar-refractivity contribution < 1.29 is 9.59 Å². The molecule has 1 heterocycles. The summed E-state index contributed by atoms with van der Waals surface area (Å²) in [4.78, 5) is 33.1. The number of hydrogen-bond donors (Lipinski definition) is 2. The third-order valence-corrected chi connectivity index (χ3v) is 5.76. The van der Waals surface area contributed by atoms with E-state index in [1.807, 2.05) is 43.3 Å². The number of hydrogen-bond acceptors (Lipinski definition) is 5. The molecular weight excluding hydrogens is 372 g/mol. The van der Waals surface area contributed by atoms with Gasteiger partial charge in [-0.1, -0.05) is 61.9 Å². The van der Waals surface area contributed by atoms with E-state index in [-0.39, 0.29) is 17.7 Å². The number of benzene rings is 1. The van der Waals surface area contributed by atoms with Crippen molar-refractivity contribution in [3.63, 3.8) is 0 Å². The quantitative estimate of drug-likeness (QED) is 0.588. The molecule has 0 bridgehead atoms. The molecule has 1 aliphatic rings. The molecule has 7 heteroatoms. The highest BCUT2D eigenvalue weighted by atomic mass is 32.2. The van der Waals surface area contributed by atoms with E-state index in [1.165, 1.54) is 18.2 Å². The Morgan fingerprint density at radius 1 is 1.14 bits per heavy atom. The third-order valence-electron chi connectivity index (χ3n) is 4.92. The summed E-state index contributed by atoms with van der Waals surface area (Å²) in [6.45, 7) is 4.04. The molecule has 6 nitrogen and oxygen atoms in total. The van der Waals surface area contributed by atoms with E-state index >= 15 is 0 Å². The molecule has 148 valence electrons. The Kier molecular flexibility index (Phi) is 7.03. The fourth-order valence-electron chi connectivity index (χ4n) is 3.39. The number of aryl methyl sites for hydroxylation is 1. The number of aromatic nitrogens is 2. The van der Waals surface area contributed by atoms with Gasteiger partial charge in [0, 0.05) is 17.3 Å². The molecule has 3 amide bonds. The molecule has 0 radical (unpaired) electrons. The fraction of sp³-hybridized carbons (Fsp3) is 0.429. The largest absolute Gasteiger partial charge is 0.335 e. The Bertz CT molecular complexity index is 828. The van der Waals surface area contributed by atoms with Crippen molar-refractivity contribution in [2.75, 3.05) is 5.75 Å². The molecule has 0 saturated heterocycles. The van der Waals surface area contributed by atoms with Gasteiger partial charge in [-0.15, -0.1) is 0 Å². The Balaban J connectivity index is 1.53. The maximum absolute atomic E-state index is 12.1. The lowest BCUT2D eigenvalue weighted by molar-refractivity contribution is -0.117. The average Bonchev–Trinajstić information content (AvgIpc) is 2.68. The van der Waals surface area contributed by atoms with E-state index in [0.717, 1.165) is 36.2 Å². The van der Waals surface area contributed by atoms with Gasteiger partial charge < -0.3 is 5.32 Å². The summed E-state index contributed by atoms with van der Waals surface area (Å²) in [6, 6.07) is 11.5. The molecule has 1 aliphatic carbocycles. The standard InChI is InChI=1S/C21H26N4O2S/c1-14-8-6-7-11-17(14)23-20(27)25-19(26)13-28-21-22-15(2)12-18(24-21)16-9-4-3-5-10-16/h3-5,9-10,12,14,17H,6-8,11,13H2,1-2H3,(H2,23,25,26,27)/t14-,17+/m0/s1. The van der Waals surface area contributed by atoms with Crippen LogP contribution >= 0.6 is 11.8 Å². The number of thioether (sulfide) groups is 1. The van der Waals surface area contributed by atoms with Gasteiger partial charge in [-0.05, 0) is 31.7 Å². The van der Waals surface area contributed by atoms with Crippen LogP contribution in [0.25, 0.3) is 11.3 Å². The highest BCUT2D eigenvalue weighted by Gasteiger charge is 2.23. The summed E-state index contributed by atoms with van der Waals surface area (Å²) in [6.07, 6.45) is 4.41. The van der Waals surface area contributed by atoms with Crippen LogP contribution in [0, 0.1) is 12.8 Å². The minimum absolute atomic E-state index is 0.0886. The summed E-state index contributed by atoms with van der Waals surface area (Å²) < 4.78 is 0. The van der Waals surface area contributed by atoms with Gasteiger partial charge in [0.1, 0.15) is 0 Å². The monoisotopic (exact) mass is 398 g/mol. The SMILES string of the molecule is Cc1cc(-c2ccccc2)nc(SCC(=O)NC(=O)N[C@@H]2CCCC[C@@H]2C)n1. The van der Waals surface area contributed by atoms with Crippen molar-refractivity contribution in [3.8, 4) is 11.3 Å². The molecule has 2 aromatic rings. The van der Waals surface area contributed by atoms with E-state index in [9.17, 15) is 9.59 Å². The Morgan fingerprint density at radius 3 is 2.64 bits per heavy atom. The molecule has 28 heavy (non-hydrogen) atoms. The lowest BCUT2D eigenvalue weighted by atomic mass is 9.86. The number of nitrogens with one attached hydrogen (secondary N) is 2. The van der Waals surface area contributed by atoms with E-state index in [4.69, 9.17) is 0 Å². The summed E-state index contributed by atoms with van der Waals surface area (Å²) in [7, 11) is 0. The molecule has 0 aliphatic heterocycles. The van der Waals surface area contributed by atoms with Crippen molar-refractivity contribution in [1.29, 1.82) is 0 Å². The Morgan fingerprint density at radius 2 is 1.89 bits per heavy atom. The van der Waals surface area contributed by atoms with Crippen molar-refractivity contribution in [3.05, 3.63) is 42.1 Å². The van der Waals surface area contributed by atoms with Crippen LogP contribution in [-0.4, -0.2) is 33.7 Å². The summed E-state index contributed by atoms with van der Waals surface area (Å²) in [5.41, 5.74) is 2.65. The minimum Gasteiger partial charge on any atom is -0.335 e. The first-order valence-corrected chi connectivity index (χ1v) is 10.6. The highest BCUT2D eigenvalue weighted by molar-refractivity contribution is 7.99. The molecule has 1 aromatic carbocycles. The van der Waals surface area contributed by atoms with E-state index in [2.05, 4.69) is 27.5 Å². The van der Waals surface area contributed by atoms with Crippen LogP contribution in [0.3, 0.4) is 0 Å². The first-order valence-electron chi connectivity index (χ1n) is 9.65. The number of amides is 3. The van der Waals surface area contributed by atoms with Crippen LogP contribution in [0.1, 0.15) is 38.3 Å². The van der Waals surface area contributed by atoms with E-state index in [0.29, 0.717) is 11.1 Å². The van der Waals surface area contributed by atoms with Gasteiger partial charge in [0.25, 0.3) is 0 Å². The molecule has 1 fully saturated rings. The summed E-state index contributed by atoms with van der Waals surface area (Å²) in [5.74, 6) is 0.184. The molecule has 1 aromatic heterocycles. The Hall–Kier alpha value is -2.41. The first-order chi connectivity index (χ1) is 13.5. The smallest absolute Gasteiger partial charge is 0.321 e. The lowest BCUT2D eigenvalue weighted by Gasteiger charge is -2.29. The van der Waals surface area contributed by atoms with Crippen LogP contribution < -0.4 is 10.6 Å². The number of rotatable bonds is 5. The second-order valence-corrected chi connectivity index (χ2v) is 8.16. The minimum atomic E-state index is -0.417. The number of urea groups is 1. The zero-order chi connectivity index (χ0) is 19.9. The van der Waals surface area contributed by atoms with Crippen LogP contribution in [0.15, 0.2) is 41.6 Å². The van der Waals surface area contributed by atoms with Crippen molar-refractivity contribution in [1.82, 2.24) is 20.6 Å². The second-order valence-electron chi connectivity index (χ2n) is 7.22. The highest BCUT2D eigenvalue weighted by Crippen LogP contribution is 2.24. The van der Waals surface area contributed by atoms with Gasteiger partial charge in [0.2, 0.25) is 5.91 Å². The number of nitrogens with zero attached hydrogens (tertiary/aromatic N) is 2. The zero-order valence-corrected chi connectivity index (χ0v) is 17.1. The van der Waals surface area contributed by atoms with Crippen molar-refractivity contribution in [2.24, 2.45) is 5.92 Å². The maximum atomic E-state index is 12.1.